The van der Waals surface area contributed by atoms with Gasteiger partial charge in [0, 0.05) is 22.2 Å². The predicted octanol–water partition coefficient (Wildman–Crippen LogP) is 3.50. The molecule has 0 bridgehead atoms. The van der Waals surface area contributed by atoms with E-state index in [2.05, 4.69) is 15.9 Å². The molecule has 1 atom stereocenters. The van der Waals surface area contributed by atoms with Crippen LogP contribution in [-0.4, -0.2) is 16.9 Å². The summed E-state index contributed by atoms with van der Waals surface area (Å²) in [6, 6.07) is 1.80. The number of rotatable bonds is 5. The van der Waals surface area contributed by atoms with Crippen LogP contribution in [0.25, 0.3) is 0 Å². The summed E-state index contributed by atoms with van der Waals surface area (Å²) in [6.45, 7) is 3.72. The predicted molar refractivity (Wildman–Crippen MR) is 67.1 cm³/mol. The molecule has 0 saturated carbocycles. The monoisotopic (exact) mass is 304 g/mol. The quantitative estimate of drug-likeness (QED) is 0.847. The molecule has 1 aromatic heterocycles. The number of Topliss-reactive ketones (excluding diaryl/α,β-unsaturated/α-hetero) is 1. The summed E-state index contributed by atoms with van der Waals surface area (Å²) in [4.78, 5) is 24.0. The Morgan fingerprint density at radius 1 is 1.50 bits per heavy atom. The topological polar surface area (TPSA) is 54.4 Å². The van der Waals surface area contributed by atoms with Gasteiger partial charge in [-0.3, -0.25) is 9.59 Å². The standard InChI is InChI=1S/C11H13BrO3S/c1-6(4-11(14)15)3-9(13)10-5-8(12)7(2)16-10/h5-6H,3-4H2,1-2H3,(H,14,15). The highest BCUT2D eigenvalue weighted by atomic mass is 79.9. The lowest BCUT2D eigenvalue weighted by Crippen LogP contribution is -2.09. The minimum Gasteiger partial charge on any atom is -0.481 e. The van der Waals surface area contributed by atoms with Crippen LogP contribution in [0.4, 0.5) is 0 Å². The molecule has 1 N–H and O–H groups in total. The summed E-state index contributed by atoms with van der Waals surface area (Å²) in [5.74, 6) is -0.956. The summed E-state index contributed by atoms with van der Waals surface area (Å²) in [5, 5.41) is 8.60. The van der Waals surface area contributed by atoms with E-state index in [0.29, 0.717) is 11.3 Å². The summed E-state index contributed by atoms with van der Waals surface area (Å²) in [5.41, 5.74) is 0. The Bertz CT molecular complexity index is 392. The minimum atomic E-state index is -0.858. The van der Waals surface area contributed by atoms with Crippen molar-refractivity contribution < 1.29 is 14.7 Å². The fourth-order valence-electron chi connectivity index (χ4n) is 1.38. The van der Waals surface area contributed by atoms with E-state index in [9.17, 15) is 9.59 Å². The van der Waals surface area contributed by atoms with Gasteiger partial charge in [-0.1, -0.05) is 6.92 Å². The van der Waals surface area contributed by atoms with Crippen LogP contribution in [0.3, 0.4) is 0 Å². The van der Waals surface area contributed by atoms with Crippen LogP contribution in [0.5, 0.6) is 0 Å². The van der Waals surface area contributed by atoms with Gasteiger partial charge < -0.3 is 5.11 Å². The number of halogens is 1. The molecule has 0 radical (unpaired) electrons. The molecule has 5 heteroatoms. The number of thiophene rings is 1. The van der Waals surface area contributed by atoms with Gasteiger partial charge in [-0.2, -0.15) is 0 Å². The Morgan fingerprint density at radius 2 is 2.12 bits per heavy atom. The Balaban J connectivity index is 2.62. The zero-order chi connectivity index (χ0) is 12.3. The number of carbonyl (C=O) groups is 2. The Kier molecular flexibility index (Phi) is 4.68. The van der Waals surface area contributed by atoms with Gasteiger partial charge in [0.15, 0.2) is 5.78 Å². The first-order valence-electron chi connectivity index (χ1n) is 4.91. The summed E-state index contributed by atoms with van der Waals surface area (Å²) >= 11 is 4.79. The van der Waals surface area contributed by atoms with E-state index in [0.717, 1.165) is 9.35 Å². The number of aliphatic carboxylic acids is 1. The van der Waals surface area contributed by atoms with Crippen LogP contribution in [-0.2, 0) is 4.79 Å². The third kappa shape index (κ3) is 3.72. The fourth-order valence-corrected chi connectivity index (χ4v) is 2.87. The highest BCUT2D eigenvalue weighted by molar-refractivity contribution is 9.10. The van der Waals surface area contributed by atoms with Gasteiger partial charge in [0.05, 0.1) is 4.88 Å². The molecule has 1 unspecified atom stereocenters. The van der Waals surface area contributed by atoms with Crippen LogP contribution in [0.15, 0.2) is 10.5 Å². The van der Waals surface area contributed by atoms with Gasteiger partial charge in [-0.15, -0.1) is 11.3 Å². The van der Waals surface area contributed by atoms with Crippen molar-refractivity contribution in [1.82, 2.24) is 0 Å². The number of aryl methyl sites for hydroxylation is 1. The SMILES string of the molecule is Cc1sc(C(=O)CC(C)CC(=O)O)cc1Br. The van der Waals surface area contributed by atoms with Crippen molar-refractivity contribution in [2.45, 2.75) is 26.7 Å². The molecule has 0 spiro atoms. The summed E-state index contributed by atoms with van der Waals surface area (Å²) < 4.78 is 0.937. The molecule has 1 rings (SSSR count). The van der Waals surface area contributed by atoms with Crippen molar-refractivity contribution in [1.29, 1.82) is 0 Å². The number of hydrogen-bond donors (Lipinski definition) is 1. The smallest absolute Gasteiger partial charge is 0.303 e. The van der Waals surface area contributed by atoms with Crippen molar-refractivity contribution in [3.05, 3.63) is 20.3 Å². The number of carboxylic acids is 1. The molecule has 0 saturated heterocycles. The molecular weight excluding hydrogens is 292 g/mol. The molecule has 0 amide bonds. The van der Waals surface area contributed by atoms with Crippen LogP contribution < -0.4 is 0 Å². The fraction of sp³-hybridized carbons (Fsp3) is 0.455. The van der Waals surface area contributed by atoms with Crippen molar-refractivity contribution in [2.24, 2.45) is 5.92 Å². The maximum atomic E-state index is 11.8. The van der Waals surface area contributed by atoms with E-state index >= 15 is 0 Å². The lowest BCUT2D eigenvalue weighted by Gasteiger charge is -2.05. The summed E-state index contributed by atoms with van der Waals surface area (Å²) in [7, 11) is 0. The van der Waals surface area contributed by atoms with Crippen molar-refractivity contribution in [3.63, 3.8) is 0 Å². The first-order chi connectivity index (χ1) is 7.40. The molecule has 0 aromatic carbocycles. The minimum absolute atomic E-state index is 0.0209. The molecule has 0 aliphatic heterocycles. The summed E-state index contributed by atoms with van der Waals surface area (Å²) in [6.07, 6.45) is 0.329. The Morgan fingerprint density at radius 3 is 2.56 bits per heavy atom. The van der Waals surface area contributed by atoms with Gasteiger partial charge in [0.25, 0.3) is 0 Å². The van der Waals surface area contributed by atoms with Gasteiger partial charge >= 0.3 is 5.97 Å². The van der Waals surface area contributed by atoms with E-state index in [1.165, 1.54) is 11.3 Å². The largest absolute Gasteiger partial charge is 0.481 e. The maximum Gasteiger partial charge on any atom is 0.303 e. The lowest BCUT2D eigenvalue weighted by atomic mass is 10.0. The average molecular weight is 305 g/mol. The first-order valence-corrected chi connectivity index (χ1v) is 6.52. The number of carboxylic acid groups (broad SMARTS) is 1. The number of ketones is 1. The van der Waals surface area contributed by atoms with E-state index in [-0.39, 0.29) is 18.1 Å². The average Bonchev–Trinajstić information content (AvgIpc) is 2.45. The van der Waals surface area contributed by atoms with Gasteiger partial charge in [0.1, 0.15) is 0 Å². The third-order valence-electron chi connectivity index (χ3n) is 2.19. The normalized spacial score (nSPS) is 12.4. The van der Waals surface area contributed by atoms with Gasteiger partial charge in [-0.25, -0.2) is 0 Å². The second kappa shape index (κ2) is 5.59. The molecule has 1 aromatic rings. The number of carbonyl (C=O) groups excluding carboxylic acids is 1. The van der Waals surface area contributed by atoms with Crippen LogP contribution >= 0.6 is 27.3 Å². The number of hydrogen-bond acceptors (Lipinski definition) is 3. The van der Waals surface area contributed by atoms with E-state index < -0.39 is 5.97 Å². The molecule has 3 nitrogen and oxygen atoms in total. The van der Waals surface area contributed by atoms with Crippen LogP contribution in [0.1, 0.15) is 34.3 Å². The molecule has 0 aliphatic carbocycles. The molecule has 0 aliphatic rings. The van der Waals surface area contributed by atoms with Gasteiger partial charge in [-0.05, 0) is 34.8 Å². The molecule has 1 heterocycles. The van der Waals surface area contributed by atoms with E-state index in [4.69, 9.17) is 5.11 Å². The van der Waals surface area contributed by atoms with Crippen molar-refractivity contribution >= 4 is 39.0 Å². The van der Waals surface area contributed by atoms with Crippen LogP contribution in [0, 0.1) is 12.8 Å². The first kappa shape index (κ1) is 13.4. The Hall–Kier alpha value is -0.680. The molecular formula is C11H13BrO3S. The zero-order valence-corrected chi connectivity index (χ0v) is 11.5. The third-order valence-corrected chi connectivity index (χ3v) is 4.37. The lowest BCUT2D eigenvalue weighted by molar-refractivity contribution is -0.137. The van der Waals surface area contributed by atoms with Crippen molar-refractivity contribution in [3.8, 4) is 0 Å². The zero-order valence-electron chi connectivity index (χ0n) is 9.12. The highest BCUT2D eigenvalue weighted by Gasteiger charge is 2.16. The molecule has 88 valence electrons. The van der Waals surface area contributed by atoms with Crippen molar-refractivity contribution in [2.75, 3.05) is 0 Å². The highest BCUT2D eigenvalue weighted by Crippen LogP contribution is 2.28. The molecule has 16 heavy (non-hydrogen) atoms. The maximum absolute atomic E-state index is 11.8. The molecule has 0 fully saturated rings. The second-order valence-corrected chi connectivity index (χ2v) is 5.96. The second-order valence-electron chi connectivity index (χ2n) is 3.85. The van der Waals surface area contributed by atoms with E-state index in [1.54, 1.807) is 13.0 Å². The van der Waals surface area contributed by atoms with Crippen LogP contribution in [0.2, 0.25) is 0 Å². The van der Waals surface area contributed by atoms with Gasteiger partial charge in [0.2, 0.25) is 0 Å². The Labute approximate surface area is 107 Å². The van der Waals surface area contributed by atoms with E-state index in [1.807, 2.05) is 6.92 Å².